The average molecular weight is 241 g/mol. The van der Waals surface area contributed by atoms with Gasteiger partial charge >= 0.3 is 0 Å². The SMILES string of the molecule is Cc1nc(Cl)nc(-c2cccc(Cl)n2)n1. The Labute approximate surface area is 96.3 Å². The Hall–Kier alpha value is -1.26. The molecule has 0 aliphatic heterocycles. The van der Waals surface area contributed by atoms with E-state index in [9.17, 15) is 0 Å². The molecule has 0 bridgehead atoms. The number of halogens is 2. The van der Waals surface area contributed by atoms with Crippen molar-refractivity contribution in [2.75, 3.05) is 0 Å². The first-order valence-corrected chi connectivity index (χ1v) is 4.92. The molecule has 2 heterocycles. The van der Waals surface area contributed by atoms with Crippen LogP contribution in [0.3, 0.4) is 0 Å². The molecule has 2 rings (SSSR count). The van der Waals surface area contributed by atoms with E-state index in [0.29, 0.717) is 22.5 Å². The number of aromatic nitrogens is 4. The maximum absolute atomic E-state index is 5.76. The van der Waals surface area contributed by atoms with Crippen molar-refractivity contribution in [1.82, 2.24) is 19.9 Å². The van der Waals surface area contributed by atoms with E-state index in [1.54, 1.807) is 25.1 Å². The molecule has 0 N–H and O–H groups in total. The first-order valence-electron chi connectivity index (χ1n) is 4.16. The third kappa shape index (κ3) is 2.40. The first-order chi connectivity index (χ1) is 7.15. The topological polar surface area (TPSA) is 51.6 Å². The molecule has 0 aliphatic rings. The third-order valence-corrected chi connectivity index (χ3v) is 2.04. The maximum Gasteiger partial charge on any atom is 0.226 e. The van der Waals surface area contributed by atoms with E-state index in [4.69, 9.17) is 23.2 Å². The average Bonchev–Trinajstić information content (AvgIpc) is 2.16. The monoisotopic (exact) mass is 240 g/mol. The van der Waals surface area contributed by atoms with Gasteiger partial charge in [0.15, 0.2) is 5.82 Å². The van der Waals surface area contributed by atoms with Crippen LogP contribution in [0.15, 0.2) is 18.2 Å². The first kappa shape index (κ1) is 10.3. The van der Waals surface area contributed by atoms with Crippen LogP contribution in [0.4, 0.5) is 0 Å². The summed E-state index contributed by atoms with van der Waals surface area (Å²) in [4.78, 5) is 16.0. The fourth-order valence-electron chi connectivity index (χ4n) is 1.10. The zero-order valence-electron chi connectivity index (χ0n) is 7.78. The van der Waals surface area contributed by atoms with Gasteiger partial charge in [-0.3, -0.25) is 0 Å². The Bertz CT molecular complexity index is 481. The molecule has 0 spiro atoms. The van der Waals surface area contributed by atoms with E-state index in [1.807, 2.05) is 0 Å². The summed E-state index contributed by atoms with van der Waals surface area (Å²) in [5, 5.41) is 0.543. The molecule has 0 radical (unpaired) electrons. The van der Waals surface area contributed by atoms with Gasteiger partial charge in [-0.1, -0.05) is 17.7 Å². The Morgan fingerprint density at radius 1 is 1.00 bits per heavy atom. The normalized spacial score (nSPS) is 10.3. The zero-order chi connectivity index (χ0) is 10.8. The Morgan fingerprint density at radius 2 is 1.80 bits per heavy atom. The number of pyridine rings is 1. The minimum Gasteiger partial charge on any atom is -0.233 e. The lowest BCUT2D eigenvalue weighted by molar-refractivity contribution is 0.975. The summed E-state index contributed by atoms with van der Waals surface area (Å²) in [5.74, 6) is 0.974. The standard InChI is InChI=1S/C9H6Cl2N4/c1-5-12-8(15-9(11)13-5)6-3-2-4-7(10)14-6/h2-4H,1H3. The molecule has 4 nitrogen and oxygen atoms in total. The summed E-state index contributed by atoms with van der Waals surface area (Å²) in [6.07, 6.45) is 0. The Kier molecular flexibility index (Phi) is 2.79. The second kappa shape index (κ2) is 4.08. The summed E-state index contributed by atoms with van der Waals surface area (Å²) in [7, 11) is 0. The van der Waals surface area contributed by atoms with Gasteiger partial charge in [-0.2, -0.15) is 4.98 Å². The van der Waals surface area contributed by atoms with Gasteiger partial charge in [0, 0.05) is 0 Å². The second-order valence-electron chi connectivity index (χ2n) is 2.82. The van der Waals surface area contributed by atoms with Crippen molar-refractivity contribution >= 4 is 23.2 Å². The lowest BCUT2D eigenvalue weighted by Gasteiger charge is -2.00. The van der Waals surface area contributed by atoms with Crippen molar-refractivity contribution in [2.24, 2.45) is 0 Å². The number of aryl methyl sites for hydroxylation is 1. The molecule has 15 heavy (non-hydrogen) atoms. The molecular formula is C9H6Cl2N4. The third-order valence-electron chi connectivity index (χ3n) is 1.66. The summed E-state index contributed by atoms with van der Waals surface area (Å²) in [6, 6.07) is 5.22. The molecule has 0 atom stereocenters. The van der Waals surface area contributed by atoms with Crippen LogP contribution in [0.2, 0.25) is 10.4 Å². The highest BCUT2D eigenvalue weighted by Gasteiger charge is 2.06. The van der Waals surface area contributed by atoms with Crippen LogP contribution < -0.4 is 0 Å². The van der Waals surface area contributed by atoms with E-state index in [-0.39, 0.29) is 5.28 Å². The number of hydrogen-bond donors (Lipinski definition) is 0. The molecule has 0 amide bonds. The predicted molar refractivity (Wildman–Crippen MR) is 57.8 cm³/mol. The van der Waals surface area contributed by atoms with E-state index in [2.05, 4.69) is 19.9 Å². The minimum absolute atomic E-state index is 0.152. The molecule has 0 aromatic carbocycles. The maximum atomic E-state index is 5.76. The van der Waals surface area contributed by atoms with Crippen LogP contribution in [0.1, 0.15) is 5.82 Å². The van der Waals surface area contributed by atoms with Crippen LogP contribution in [0.5, 0.6) is 0 Å². The van der Waals surface area contributed by atoms with Crippen molar-refractivity contribution < 1.29 is 0 Å². The highest BCUT2D eigenvalue weighted by Crippen LogP contribution is 2.16. The van der Waals surface area contributed by atoms with Gasteiger partial charge in [0.25, 0.3) is 0 Å². The van der Waals surface area contributed by atoms with E-state index >= 15 is 0 Å². The Balaban J connectivity index is 2.54. The molecule has 0 aliphatic carbocycles. The molecule has 2 aromatic rings. The number of rotatable bonds is 1. The van der Waals surface area contributed by atoms with Gasteiger partial charge in [-0.05, 0) is 30.7 Å². The van der Waals surface area contributed by atoms with Gasteiger partial charge in [0.1, 0.15) is 16.7 Å². The van der Waals surface area contributed by atoms with Gasteiger partial charge in [0.05, 0.1) is 0 Å². The van der Waals surface area contributed by atoms with E-state index < -0.39 is 0 Å². The van der Waals surface area contributed by atoms with Gasteiger partial charge in [-0.15, -0.1) is 0 Å². The molecule has 0 saturated carbocycles. The number of hydrogen-bond acceptors (Lipinski definition) is 4. The van der Waals surface area contributed by atoms with Gasteiger partial charge in [-0.25, -0.2) is 15.0 Å². The van der Waals surface area contributed by atoms with E-state index in [0.717, 1.165) is 0 Å². The highest BCUT2D eigenvalue weighted by atomic mass is 35.5. The van der Waals surface area contributed by atoms with E-state index in [1.165, 1.54) is 0 Å². The fourth-order valence-corrected chi connectivity index (χ4v) is 1.46. The van der Waals surface area contributed by atoms with Crippen molar-refractivity contribution in [1.29, 1.82) is 0 Å². The van der Waals surface area contributed by atoms with Crippen molar-refractivity contribution in [3.8, 4) is 11.5 Å². The van der Waals surface area contributed by atoms with Crippen LogP contribution >= 0.6 is 23.2 Å². The quantitative estimate of drug-likeness (QED) is 0.720. The van der Waals surface area contributed by atoms with Gasteiger partial charge in [0.2, 0.25) is 5.28 Å². The van der Waals surface area contributed by atoms with Crippen molar-refractivity contribution in [3.63, 3.8) is 0 Å². The van der Waals surface area contributed by atoms with Crippen LogP contribution in [0.25, 0.3) is 11.5 Å². The summed E-state index contributed by atoms with van der Waals surface area (Å²) in [5.41, 5.74) is 0.579. The highest BCUT2D eigenvalue weighted by molar-refractivity contribution is 6.29. The summed E-state index contributed by atoms with van der Waals surface area (Å²) in [6.45, 7) is 1.74. The molecule has 0 fully saturated rings. The zero-order valence-corrected chi connectivity index (χ0v) is 9.29. The fraction of sp³-hybridized carbons (Fsp3) is 0.111. The van der Waals surface area contributed by atoms with Crippen molar-refractivity contribution in [3.05, 3.63) is 34.5 Å². The Morgan fingerprint density at radius 3 is 2.47 bits per heavy atom. The molecule has 0 unspecified atom stereocenters. The predicted octanol–water partition coefficient (Wildman–Crippen LogP) is 2.55. The largest absolute Gasteiger partial charge is 0.233 e. The lowest BCUT2D eigenvalue weighted by atomic mass is 10.3. The molecule has 0 saturated heterocycles. The molecular weight excluding hydrogens is 235 g/mol. The summed E-state index contributed by atoms with van der Waals surface area (Å²) < 4.78 is 0. The second-order valence-corrected chi connectivity index (χ2v) is 3.55. The molecule has 76 valence electrons. The smallest absolute Gasteiger partial charge is 0.226 e. The number of nitrogens with zero attached hydrogens (tertiary/aromatic N) is 4. The van der Waals surface area contributed by atoms with Crippen LogP contribution in [0, 0.1) is 6.92 Å². The van der Waals surface area contributed by atoms with Crippen molar-refractivity contribution in [2.45, 2.75) is 6.92 Å². The summed E-state index contributed by atoms with van der Waals surface area (Å²) >= 11 is 11.5. The molecule has 6 heteroatoms. The van der Waals surface area contributed by atoms with Gasteiger partial charge < -0.3 is 0 Å². The van der Waals surface area contributed by atoms with Crippen LogP contribution in [-0.4, -0.2) is 19.9 Å². The van der Waals surface area contributed by atoms with Crippen LogP contribution in [-0.2, 0) is 0 Å². The minimum atomic E-state index is 0.152. The lowest BCUT2D eigenvalue weighted by Crippen LogP contribution is -1.97. The molecule has 2 aromatic heterocycles.